The minimum absolute atomic E-state index is 0.404. The maximum Gasteiger partial charge on any atom is 0.162 e. The van der Waals surface area contributed by atoms with Crippen molar-refractivity contribution in [2.24, 2.45) is 0 Å². The zero-order valence-corrected chi connectivity index (χ0v) is 15.8. The molecule has 0 atom stereocenters. The summed E-state index contributed by atoms with van der Waals surface area (Å²) < 4.78 is 32.8. The standard InChI is InChI=1S/C20H30O6/c1-4-18-7-8-19(25-15-13-23-11-9-21-5-2)20(17-18)26-16-14-24-12-10-22-6-3/h1,7-8,17H,5-6,9-16H2,2-3H3. The van der Waals surface area contributed by atoms with Gasteiger partial charge in [-0.1, -0.05) is 5.92 Å². The van der Waals surface area contributed by atoms with Gasteiger partial charge in [0, 0.05) is 18.8 Å². The van der Waals surface area contributed by atoms with E-state index in [2.05, 4.69) is 5.92 Å². The van der Waals surface area contributed by atoms with Crippen molar-refractivity contribution in [2.45, 2.75) is 13.8 Å². The van der Waals surface area contributed by atoms with Gasteiger partial charge in [-0.05, 0) is 32.0 Å². The predicted molar refractivity (Wildman–Crippen MR) is 100.0 cm³/mol. The van der Waals surface area contributed by atoms with Crippen molar-refractivity contribution in [3.63, 3.8) is 0 Å². The summed E-state index contributed by atoms with van der Waals surface area (Å²) in [6.45, 7) is 9.32. The lowest BCUT2D eigenvalue weighted by molar-refractivity contribution is 0.0369. The Bertz CT molecular complexity index is 512. The maximum absolute atomic E-state index is 5.75. The minimum Gasteiger partial charge on any atom is -0.487 e. The quantitative estimate of drug-likeness (QED) is 0.331. The Morgan fingerprint density at radius 2 is 1.19 bits per heavy atom. The molecule has 0 spiro atoms. The van der Waals surface area contributed by atoms with Gasteiger partial charge in [-0.15, -0.1) is 6.42 Å². The third-order valence-electron chi connectivity index (χ3n) is 3.23. The third-order valence-corrected chi connectivity index (χ3v) is 3.23. The molecule has 0 amide bonds. The van der Waals surface area contributed by atoms with Crippen LogP contribution in [-0.4, -0.2) is 66.1 Å². The average molecular weight is 366 g/mol. The Morgan fingerprint density at radius 3 is 1.73 bits per heavy atom. The van der Waals surface area contributed by atoms with E-state index in [1.807, 2.05) is 19.9 Å². The van der Waals surface area contributed by atoms with Crippen LogP contribution >= 0.6 is 0 Å². The second kappa shape index (κ2) is 15.5. The van der Waals surface area contributed by atoms with Gasteiger partial charge in [0.1, 0.15) is 13.2 Å². The van der Waals surface area contributed by atoms with Crippen LogP contribution in [-0.2, 0) is 18.9 Å². The average Bonchev–Trinajstić information content (AvgIpc) is 2.67. The van der Waals surface area contributed by atoms with Crippen molar-refractivity contribution in [1.82, 2.24) is 0 Å². The van der Waals surface area contributed by atoms with E-state index in [1.54, 1.807) is 12.1 Å². The molecule has 1 aromatic rings. The van der Waals surface area contributed by atoms with Gasteiger partial charge >= 0.3 is 0 Å². The predicted octanol–water partition coefficient (Wildman–Crippen LogP) is 2.53. The van der Waals surface area contributed by atoms with Crippen molar-refractivity contribution in [2.75, 3.05) is 66.1 Å². The Hall–Kier alpha value is -1.78. The first-order valence-corrected chi connectivity index (χ1v) is 8.99. The topological polar surface area (TPSA) is 55.4 Å². The SMILES string of the molecule is C#Cc1ccc(OCCOCCOCC)c(OCCOCCOCC)c1. The van der Waals surface area contributed by atoms with Crippen LogP contribution in [0.15, 0.2) is 18.2 Å². The summed E-state index contributed by atoms with van der Waals surface area (Å²) in [4.78, 5) is 0. The highest BCUT2D eigenvalue weighted by atomic mass is 16.6. The first-order valence-electron chi connectivity index (χ1n) is 8.99. The highest BCUT2D eigenvalue weighted by molar-refractivity contribution is 5.47. The van der Waals surface area contributed by atoms with Gasteiger partial charge in [-0.25, -0.2) is 0 Å². The van der Waals surface area contributed by atoms with Crippen LogP contribution in [0.1, 0.15) is 19.4 Å². The fraction of sp³-hybridized carbons (Fsp3) is 0.600. The van der Waals surface area contributed by atoms with Crippen LogP contribution in [0, 0.1) is 12.3 Å². The molecule has 1 aromatic carbocycles. The van der Waals surface area contributed by atoms with E-state index in [-0.39, 0.29) is 0 Å². The molecule has 0 saturated carbocycles. The molecule has 0 fully saturated rings. The van der Waals surface area contributed by atoms with E-state index in [1.165, 1.54) is 0 Å². The zero-order valence-electron chi connectivity index (χ0n) is 15.8. The molecule has 0 aromatic heterocycles. The Balaban J connectivity index is 2.34. The van der Waals surface area contributed by atoms with E-state index >= 15 is 0 Å². The first-order chi connectivity index (χ1) is 12.8. The molecule has 0 N–H and O–H groups in total. The Morgan fingerprint density at radius 1 is 0.692 bits per heavy atom. The lowest BCUT2D eigenvalue weighted by Gasteiger charge is -2.14. The van der Waals surface area contributed by atoms with Gasteiger partial charge in [0.15, 0.2) is 11.5 Å². The van der Waals surface area contributed by atoms with E-state index < -0.39 is 0 Å². The fourth-order valence-corrected chi connectivity index (χ4v) is 1.98. The number of terminal acetylenes is 1. The van der Waals surface area contributed by atoms with E-state index in [0.29, 0.717) is 77.6 Å². The van der Waals surface area contributed by atoms with E-state index in [9.17, 15) is 0 Å². The smallest absolute Gasteiger partial charge is 0.162 e. The van der Waals surface area contributed by atoms with Gasteiger partial charge in [0.2, 0.25) is 0 Å². The van der Waals surface area contributed by atoms with Crippen LogP contribution in [0.3, 0.4) is 0 Å². The van der Waals surface area contributed by atoms with Gasteiger partial charge in [0.25, 0.3) is 0 Å². The molecule has 26 heavy (non-hydrogen) atoms. The lowest BCUT2D eigenvalue weighted by atomic mass is 10.2. The van der Waals surface area contributed by atoms with E-state index in [0.717, 1.165) is 5.56 Å². The molecular formula is C20H30O6. The largest absolute Gasteiger partial charge is 0.487 e. The molecule has 146 valence electrons. The zero-order chi connectivity index (χ0) is 18.9. The van der Waals surface area contributed by atoms with Crippen molar-refractivity contribution in [3.05, 3.63) is 23.8 Å². The van der Waals surface area contributed by atoms with Crippen LogP contribution < -0.4 is 9.47 Å². The van der Waals surface area contributed by atoms with Crippen molar-refractivity contribution in [1.29, 1.82) is 0 Å². The molecule has 0 heterocycles. The molecule has 6 nitrogen and oxygen atoms in total. The van der Waals surface area contributed by atoms with Crippen molar-refractivity contribution in [3.8, 4) is 23.8 Å². The number of benzene rings is 1. The lowest BCUT2D eigenvalue weighted by Crippen LogP contribution is -2.13. The highest BCUT2D eigenvalue weighted by Crippen LogP contribution is 2.28. The Labute approximate surface area is 156 Å². The summed E-state index contributed by atoms with van der Waals surface area (Å²) in [5, 5.41) is 0. The molecule has 0 bridgehead atoms. The molecule has 0 aliphatic heterocycles. The van der Waals surface area contributed by atoms with Crippen LogP contribution in [0.5, 0.6) is 11.5 Å². The van der Waals surface area contributed by atoms with Crippen LogP contribution in [0.4, 0.5) is 0 Å². The van der Waals surface area contributed by atoms with Gasteiger partial charge < -0.3 is 28.4 Å². The van der Waals surface area contributed by atoms with Crippen LogP contribution in [0.25, 0.3) is 0 Å². The second-order valence-corrected chi connectivity index (χ2v) is 5.12. The molecule has 6 heteroatoms. The number of hydrogen-bond donors (Lipinski definition) is 0. The van der Waals surface area contributed by atoms with Crippen LogP contribution in [0.2, 0.25) is 0 Å². The maximum atomic E-state index is 5.75. The van der Waals surface area contributed by atoms with Gasteiger partial charge in [-0.2, -0.15) is 0 Å². The van der Waals surface area contributed by atoms with Crippen molar-refractivity contribution >= 4 is 0 Å². The van der Waals surface area contributed by atoms with Crippen molar-refractivity contribution < 1.29 is 28.4 Å². The third kappa shape index (κ3) is 10.3. The molecule has 0 aliphatic rings. The molecule has 0 unspecified atom stereocenters. The minimum atomic E-state index is 0.404. The fourth-order valence-electron chi connectivity index (χ4n) is 1.98. The summed E-state index contributed by atoms with van der Waals surface area (Å²) in [5.41, 5.74) is 0.734. The molecule has 1 rings (SSSR count). The molecular weight excluding hydrogens is 336 g/mol. The van der Waals surface area contributed by atoms with Gasteiger partial charge in [0.05, 0.1) is 39.6 Å². The monoisotopic (exact) mass is 366 g/mol. The van der Waals surface area contributed by atoms with E-state index in [4.69, 9.17) is 34.8 Å². The molecule has 0 aliphatic carbocycles. The number of rotatable bonds is 16. The first kappa shape index (κ1) is 22.3. The summed E-state index contributed by atoms with van der Waals surface area (Å²) in [6.07, 6.45) is 5.45. The summed E-state index contributed by atoms with van der Waals surface area (Å²) in [7, 11) is 0. The molecule has 0 saturated heterocycles. The Kier molecular flexibility index (Phi) is 13.2. The summed E-state index contributed by atoms with van der Waals surface area (Å²) in [6, 6.07) is 5.41. The second-order valence-electron chi connectivity index (χ2n) is 5.12. The van der Waals surface area contributed by atoms with Gasteiger partial charge in [-0.3, -0.25) is 0 Å². The number of ether oxygens (including phenoxy) is 6. The summed E-state index contributed by atoms with van der Waals surface area (Å²) in [5.74, 6) is 3.82. The highest BCUT2D eigenvalue weighted by Gasteiger charge is 2.07. The summed E-state index contributed by atoms with van der Waals surface area (Å²) >= 11 is 0. The number of hydrogen-bond acceptors (Lipinski definition) is 6. The normalized spacial score (nSPS) is 10.5. The molecule has 0 radical (unpaired) electrons.